The fraction of sp³-hybridized carbons (Fsp3) is 0.0556. The molecule has 0 atom stereocenters. The largest absolute Gasteiger partial charge is 0.432 e. The van der Waals surface area contributed by atoms with Gasteiger partial charge < -0.3 is 9.72 Å². The Morgan fingerprint density at radius 3 is 2.43 bits per heavy atom. The number of aromatic nitrogens is 1. The predicted molar refractivity (Wildman–Crippen MR) is 94.7 cm³/mol. The molecular formula is C18H10F5N3O3S. The number of aromatic amines is 1. The van der Waals surface area contributed by atoms with E-state index in [4.69, 9.17) is 5.26 Å². The molecule has 12 heteroatoms. The van der Waals surface area contributed by atoms with Crippen LogP contribution in [0.4, 0.5) is 27.6 Å². The van der Waals surface area contributed by atoms with E-state index in [2.05, 4.69) is 9.72 Å². The number of alkyl halides is 2. The van der Waals surface area contributed by atoms with Crippen LogP contribution in [0.3, 0.4) is 0 Å². The molecular weight excluding hydrogens is 433 g/mol. The minimum Gasteiger partial charge on any atom is -0.432 e. The summed E-state index contributed by atoms with van der Waals surface area (Å²) >= 11 is 0. The molecule has 30 heavy (non-hydrogen) atoms. The summed E-state index contributed by atoms with van der Waals surface area (Å²) in [6.45, 7) is -3.40. The molecule has 0 radical (unpaired) electrons. The minimum atomic E-state index is -4.47. The third-order valence-corrected chi connectivity index (χ3v) is 5.18. The van der Waals surface area contributed by atoms with Gasteiger partial charge in [0.05, 0.1) is 17.3 Å². The Balaban J connectivity index is 1.91. The highest BCUT2D eigenvalue weighted by Crippen LogP contribution is 2.29. The molecule has 0 saturated carbocycles. The molecule has 3 rings (SSSR count). The lowest BCUT2D eigenvalue weighted by Crippen LogP contribution is -2.14. The summed E-state index contributed by atoms with van der Waals surface area (Å²) in [5.41, 5.74) is -0.791. The van der Waals surface area contributed by atoms with Crippen molar-refractivity contribution in [2.24, 2.45) is 0 Å². The van der Waals surface area contributed by atoms with Gasteiger partial charge in [0.2, 0.25) is 0 Å². The van der Waals surface area contributed by atoms with Crippen molar-refractivity contribution >= 4 is 15.7 Å². The second kappa shape index (κ2) is 8.03. The van der Waals surface area contributed by atoms with E-state index in [1.54, 1.807) is 4.72 Å². The SMILES string of the molecule is N#Cc1ccc(F)c(-c2cc(S(=O)(=O)Nc3cc(F)c(OC(F)F)cc3F)c[nH]2)c1. The number of nitrogens with zero attached hydrogens (tertiary/aromatic N) is 1. The van der Waals surface area contributed by atoms with Crippen LogP contribution in [-0.2, 0) is 10.0 Å². The molecule has 0 aliphatic heterocycles. The van der Waals surface area contributed by atoms with E-state index in [1.165, 1.54) is 12.1 Å². The van der Waals surface area contributed by atoms with E-state index in [0.717, 1.165) is 18.3 Å². The van der Waals surface area contributed by atoms with E-state index < -0.39 is 50.4 Å². The van der Waals surface area contributed by atoms with Crippen LogP contribution in [0.1, 0.15) is 5.56 Å². The van der Waals surface area contributed by atoms with Crippen molar-refractivity contribution in [3.63, 3.8) is 0 Å². The molecule has 0 amide bonds. The first-order chi connectivity index (χ1) is 14.1. The average Bonchev–Trinajstić information content (AvgIpc) is 3.16. The van der Waals surface area contributed by atoms with Crippen LogP contribution in [0.5, 0.6) is 5.75 Å². The summed E-state index contributed by atoms with van der Waals surface area (Å²) in [4.78, 5) is 2.07. The first-order valence-electron chi connectivity index (χ1n) is 7.96. The van der Waals surface area contributed by atoms with Gasteiger partial charge in [-0.05, 0) is 24.3 Å². The van der Waals surface area contributed by atoms with Gasteiger partial charge in [-0.3, -0.25) is 4.72 Å². The Morgan fingerprint density at radius 2 is 1.77 bits per heavy atom. The summed E-state index contributed by atoms with van der Waals surface area (Å²) in [6, 6.07) is 6.91. The van der Waals surface area contributed by atoms with Crippen molar-refractivity contribution < 1.29 is 35.1 Å². The summed E-state index contributed by atoms with van der Waals surface area (Å²) in [6.07, 6.45) is 0.971. The summed E-state index contributed by atoms with van der Waals surface area (Å²) in [5.74, 6) is -4.60. The van der Waals surface area contributed by atoms with Gasteiger partial charge in [0.1, 0.15) is 10.7 Å². The Bertz CT molecular complexity index is 1250. The fourth-order valence-corrected chi connectivity index (χ4v) is 3.53. The monoisotopic (exact) mass is 443 g/mol. The van der Waals surface area contributed by atoms with Crippen LogP contribution in [0.2, 0.25) is 0 Å². The lowest BCUT2D eigenvalue weighted by molar-refractivity contribution is -0.0523. The molecule has 2 aromatic carbocycles. The lowest BCUT2D eigenvalue weighted by Gasteiger charge is -2.11. The van der Waals surface area contributed by atoms with Crippen LogP contribution >= 0.6 is 0 Å². The van der Waals surface area contributed by atoms with E-state index in [-0.39, 0.29) is 22.9 Å². The number of H-pyrrole nitrogens is 1. The van der Waals surface area contributed by atoms with E-state index in [9.17, 15) is 30.4 Å². The number of hydrogen-bond donors (Lipinski definition) is 2. The number of nitrogens with one attached hydrogen (secondary N) is 2. The second-order valence-electron chi connectivity index (χ2n) is 5.80. The van der Waals surface area contributed by atoms with Crippen molar-refractivity contribution in [3.8, 4) is 23.1 Å². The van der Waals surface area contributed by atoms with Gasteiger partial charge in [0, 0.05) is 29.6 Å². The Morgan fingerprint density at radius 1 is 1.03 bits per heavy atom. The maximum atomic E-state index is 14.0. The molecule has 0 unspecified atom stereocenters. The number of nitriles is 1. The van der Waals surface area contributed by atoms with E-state index in [0.29, 0.717) is 6.07 Å². The zero-order valence-electron chi connectivity index (χ0n) is 14.6. The molecule has 1 heterocycles. The molecule has 156 valence electrons. The highest BCUT2D eigenvalue weighted by atomic mass is 32.2. The number of sulfonamides is 1. The number of rotatable bonds is 6. The van der Waals surface area contributed by atoms with Crippen LogP contribution in [-0.4, -0.2) is 20.0 Å². The van der Waals surface area contributed by atoms with Gasteiger partial charge in [-0.15, -0.1) is 0 Å². The molecule has 0 fully saturated rings. The molecule has 2 N–H and O–H groups in total. The molecule has 0 aliphatic rings. The van der Waals surface area contributed by atoms with Gasteiger partial charge in [-0.1, -0.05) is 0 Å². The number of halogens is 5. The maximum absolute atomic E-state index is 14.0. The zero-order chi connectivity index (χ0) is 22.1. The lowest BCUT2D eigenvalue weighted by atomic mass is 10.1. The van der Waals surface area contributed by atoms with Crippen LogP contribution in [0, 0.1) is 28.8 Å². The molecule has 0 spiro atoms. The molecule has 1 aromatic heterocycles. The van der Waals surface area contributed by atoms with Crippen LogP contribution in [0.15, 0.2) is 47.5 Å². The van der Waals surface area contributed by atoms with Gasteiger partial charge >= 0.3 is 6.61 Å². The molecule has 0 saturated heterocycles. The van der Waals surface area contributed by atoms with Crippen molar-refractivity contribution in [3.05, 3.63) is 65.6 Å². The number of ether oxygens (including phenoxy) is 1. The van der Waals surface area contributed by atoms with Gasteiger partial charge in [-0.2, -0.15) is 14.0 Å². The number of anilines is 1. The van der Waals surface area contributed by atoms with Crippen LogP contribution < -0.4 is 9.46 Å². The quantitative estimate of drug-likeness (QED) is 0.553. The van der Waals surface area contributed by atoms with Gasteiger partial charge in [0.25, 0.3) is 10.0 Å². The van der Waals surface area contributed by atoms with Crippen molar-refractivity contribution in [2.75, 3.05) is 4.72 Å². The topological polar surface area (TPSA) is 95.0 Å². The van der Waals surface area contributed by atoms with Crippen LogP contribution in [0.25, 0.3) is 11.3 Å². The van der Waals surface area contributed by atoms with Crippen molar-refractivity contribution in [1.29, 1.82) is 5.26 Å². The molecule has 0 bridgehead atoms. The van der Waals surface area contributed by atoms with E-state index >= 15 is 0 Å². The normalized spacial score (nSPS) is 11.4. The molecule has 0 aliphatic carbocycles. The van der Waals surface area contributed by atoms with Gasteiger partial charge in [-0.25, -0.2) is 21.6 Å². The Labute approximate surface area is 166 Å². The standard InChI is InChI=1S/C18H10F5N3O3S/c19-12-2-1-9(7-24)3-11(12)15-4-10(8-25-15)30(27,28)26-16-5-14(21)17(6-13(16)20)29-18(22)23/h1-6,8,18,25-26H. The number of hydrogen-bond acceptors (Lipinski definition) is 4. The Kier molecular flexibility index (Phi) is 5.66. The minimum absolute atomic E-state index is 0.0114. The third-order valence-electron chi connectivity index (χ3n) is 3.83. The Hall–Kier alpha value is -3.59. The summed E-state index contributed by atoms with van der Waals surface area (Å²) < 4.78 is 96.7. The highest BCUT2D eigenvalue weighted by molar-refractivity contribution is 7.92. The predicted octanol–water partition coefficient (Wildman–Crippen LogP) is 4.37. The van der Waals surface area contributed by atoms with Gasteiger partial charge in [0.15, 0.2) is 17.4 Å². The van der Waals surface area contributed by atoms with Crippen molar-refractivity contribution in [1.82, 2.24) is 4.98 Å². The fourth-order valence-electron chi connectivity index (χ4n) is 2.48. The average molecular weight is 443 g/mol. The highest BCUT2D eigenvalue weighted by Gasteiger charge is 2.22. The maximum Gasteiger partial charge on any atom is 0.387 e. The third kappa shape index (κ3) is 4.36. The summed E-state index contributed by atoms with van der Waals surface area (Å²) in [5, 5.41) is 8.91. The van der Waals surface area contributed by atoms with E-state index in [1.807, 2.05) is 6.07 Å². The smallest absolute Gasteiger partial charge is 0.387 e. The zero-order valence-corrected chi connectivity index (χ0v) is 15.4. The first-order valence-corrected chi connectivity index (χ1v) is 9.44. The first kappa shape index (κ1) is 21.1. The second-order valence-corrected chi connectivity index (χ2v) is 7.48. The summed E-state index contributed by atoms with van der Waals surface area (Å²) in [7, 11) is -4.47. The van der Waals surface area contributed by atoms with Crippen molar-refractivity contribution in [2.45, 2.75) is 11.5 Å². The number of benzene rings is 2. The molecule has 3 aromatic rings. The molecule has 6 nitrogen and oxygen atoms in total.